The standard InChI is InChI=1S/C12H20N2O/c1-4-9-14(5-2)10-7-6-8-11(15-3)12(10)13/h6-8H,4-5,9,13H2,1-3H3. The Morgan fingerprint density at radius 2 is 2.07 bits per heavy atom. The number of nitrogens with zero attached hydrogens (tertiary/aromatic N) is 1. The molecule has 0 aliphatic rings. The Hall–Kier alpha value is -1.38. The lowest BCUT2D eigenvalue weighted by Crippen LogP contribution is -2.24. The van der Waals surface area contributed by atoms with Crippen molar-refractivity contribution < 1.29 is 4.74 Å². The summed E-state index contributed by atoms with van der Waals surface area (Å²) in [7, 11) is 1.64. The molecule has 15 heavy (non-hydrogen) atoms. The van der Waals surface area contributed by atoms with Crippen molar-refractivity contribution in [3.05, 3.63) is 18.2 Å². The number of anilines is 2. The van der Waals surface area contributed by atoms with Crippen molar-refractivity contribution in [2.24, 2.45) is 0 Å². The molecule has 0 spiro atoms. The maximum atomic E-state index is 6.03. The number of nitrogens with two attached hydrogens (primary N) is 1. The summed E-state index contributed by atoms with van der Waals surface area (Å²) >= 11 is 0. The molecule has 1 aromatic rings. The van der Waals surface area contributed by atoms with Gasteiger partial charge in [0.15, 0.2) is 0 Å². The lowest BCUT2D eigenvalue weighted by Gasteiger charge is -2.24. The number of para-hydroxylation sites is 1. The summed E-state index contributed by atoms with van der Waals surface area (Å²) in [5.41, 5.74) is 7.83. The predicted molar refractivity (Wildman–Crippen MR) is 65.6 cm³/mol. The van der Waals surface area contributed by atoms with Crippen LogP contribution in [0.15, 0.2) is 18.2 Å². The van der Waals surface area contributed by atoms with Gasteiger partial charge in [-0.2, -0.15) is 0 Å². The molecule has 0 aromatic heterocycles. The highest BCUT2D eigenvalue weighted by molar-refractivity contribution is 5.74. The molecule has 84 valence electrons. The maximum absolute atomic E-state index is 6.03. The number of ether oxygens (including phenoxy) is 1. The van der Waals surface area contributed by atoms with Crippen molar-refractivity contribution in [2.75, 3.05) is 30.8 Å². The van der Waals surface area contributed by atoms with E-state index in [1.165, 1.54) is 0 Å². The molecule has 0 amide bonds. The van der Waals surface area contributed by atoms with E-state index in [0.717, 1.165) is 36.6 Å². The van der Waals surface area contributed by atoms with E-state index in [2.05, 4.69) is 18.7 Å². The second kappa shape index (κ2) is 5.49. The highest BCUT2D eigenvalue weighted by Gasteiger charge is 2.10. The summed E-state index contributed by atoms with van der Waals surface area (Å²) in [6.07, 6.45) is 1.12. The van der Waals surface area contributed by atoms with Gasteiger partial charge in [-0.1, -0.05) is 13.0 Å². The van der Waals surface area contributed by atoms with E-state index in [1.807, 2.05) is 18.2 Å². The SMILES string of the molecule is CCCN(CC)c1cccc(OC)c1N. The fourth-order valence-electron chi connectivity index (χ4n) is 1.71. The number of methoxy groups -OCH3 is 1. The van der Waals surface area contributed by atoms with Crippen molar-refractivity contribution >= 4 is 11.4 Å². The number of rotatable bonds is 5. The van der Waals surface area contributed by atoms with Crippen LogP contribution in [0.1, 0.15) is 20.3 Å². The fraction of sp³-hybridized carbons (Fsp3) is 0.500. The summed E-state index contributed by atoms with van der Waals surface area (Å²) in [5, 5.41) is 0. The van der Waals surface area contributed by atoms with Gasteiger partial charge in [-0.15, -0.1) is 0 Å². The first-order chi connectivity index (χ1) is 7.24. The van der Waals surface area contributed by atoms with Crippen molar-refractivity contribution in [2.45, 2.75) is 20.3 Å². The molecule has 0 fully saturated rings. The third kappa shape index (κ3) is 2.55. The van der Waals surface area contributed by atoms with Gasteiger partial charge in [0.05, 0.1) is 18.5 Å². The van der Waals surface area contributed by atoms with Crippen LogP contribution in [0.5, 0.6) is 5.75 Å². The normalized spacial score (nSPS) is 10.1. The van der Waals surface area contributed by atoms with E-state index < -0.39 is 0 Å². The van der Waals surface area contributed by atoms with Gasteiger partial charge in [0.25, 0.3) is 0 Å². The zero-order chi connectivity index (χ0) is 11.3. The molecule has 3 nitrogen and oxygen atoms in total. The Bertz CT molecular complexity index is 312. The van der Waals surface area contributed by atoms with E-state index in [9.17, 15) is 0 Å². The van der Waals surface area contributed by atoms with Crippen LogP contribution in [-0.4, -0.2) is 20.2 Å². The smallest absolute Gasteiger partial charge is 0.143 e. The number of hydrogen-bond acceptors (Lipinski definition) is 3. The summed E-state index contributed by atoms with van der Waals surface area (Å²) in [5.74, 6) is 0.752. The lowest BCUT2D eigenvalue weighted by molar-refractivity contribution is 0.417. The van der Waals surface area contributed by atoms with Crippen LogP contribution >= 0.6 is 0 Å². The molecule has 0 saturated carbocycles. The van der Waals surface area contributed by atoms with Gasteiger partial charge in [-0.05, 0) is 25.5 Å². The van der Waals surface area contributed by atoms with Gasteiger partial charge < -0.3 is 15.4 Å². The first-order valence-electron chi connectivity index (χ1n) is 5.42. The molecule has 3 heteroatoms. The average Bonchev–Trinajstić information content (AvgIpc) is 2.27. The van der Waals surface area contributed by atoms with Crippen molar-refractivity contribution in [3.8, 4) is 5.75 Å². The van der Waals surface area contributed by atoms with Crippen LogP contribution < -0.4 is 15.4 Å². The maximum Gasteiger partial charge on any atom is 0.143 e. The van der Waals surface area contributed by atoms with Gasteiger partial charge in [0, 0.05) is 13.1 Å². The molecule has 1 aromatic carbocycles. The van der Waals surface area contributed by atoms with E-state index >= 15 is 0 Å². The summed E-state index contributed by atoms with van der Waals surface area (Å²) in [6.45, 7) is 6.28. The third-order valence-corrected chi connectivity index (χ3v) is 2.48. The molecule has 0 bridgehead atoms. The molecule has 0 radical (unpaired) electrons. The summed E-state index contributed by atoms with van der Waals surface area (Å²) in [6, 6.07) is 5.90. The van der Waals surface area contributed by atoms with Gasteiger partial charge >= 0.3 is 0 Å². The Labute approximate surface area is 91.8 Å². The molecule has 0 atom stereocenters. The predicted octanol–water partition coefficient (Wildman–Crippen LogP) is 2.51. The minimum atomic E-state index is 0.732. The zero-order valence-electron chi connectivity index (χ0n) is 9.79. The Morgan fingerprint density at radius 3 is 2.60 bits per heavy atom. The van der Waals surface area contributed by atoms with E-state index in [4.69, 9.17) is 10.5 Å². The monoisotopic (exact) mass is 208 g/mol. The highest BCUT2D eigenvalue weighted by Crippen LogP contribution is 2.31. The largest absolute Gasteiger partial charge is 0.495 e. The second-order valence-corrected chi connectivity index (χ2v) is 3.47. The van der Waals surface area contributed by atoms with Crippen molar-refractivity contribution in [3.63, 3.8) is 0 Å². The minimum Gasteiger partial charge on any atom is -0.495 e. The second-order valence-electron chi connectivity index (χ2n) is 3.47. The Kier molecular flexibility index (Phi) is 4.28. The van der Waals surface area contributed by atoms with E-state index in [0.29, 0.717) is 0 Å². The number of hydrogen-bond donors (Lipinski definition) is 1. The molecule has 0 aliphatic carbocycles. The van der Waals surface area contributed by atoms with Gasteiger partial charge in [0.2, 0.25) is 0 Å². The third-order valence-electron chi connectivity index (χ3n) is 2.48. The number of benzene rings is 1. The molecular formula is C12H20N2O. The molecule has 1 rings (SSSR count). The molecule has 2 N–H and O–H groups in total. The quantitative estimate of drug-likeness (QED) is 0.756. The van der Waals surface area contributed by atoms with E-state index in [1.54, 1.807) is 7.11 Å². The van der Waals surface area contributed by atoms with E-state index in [-0.39, 0.29) is 0 Å². The molecular weight excluding hydrogens is 188 g/mol. The van der Waals surface area contributed by atoms with Crippen LogP contribution in [0.2, 0.25) is 0 Å². The van der Waals surface area contributed by atoms with Crippen LogP contribution in [0.25, 0.3) is 0 Å². The van der Waals surface area contributed by atoms with Crippen molar-refractivity contribution in [1.82, 2.24) is 0 Å². The average molecular weight is 208 g/mol. The Morgan fingerprint density at radius 1 is 1.33 bits per heavy atom. The van der Waals surface area contributed by atoms with Crippen LogP contribution in [0.3, 0.4) is 0 Å². The summed E-state index contributed by atoms with van der Waals surface area (Å²) in [4.78, 5) is 2.26. The highest BCUT2D eigenvalue weighted by atomic mass is 16.5. The topological polar surface area (TPSA) is 38.5 Å². The first-order valence-corrected chi connectivity index (χ1v) is 5.42. The van der Waals surface area contributed by atoms with Gasteiger partial charge in [-0.25, -0.2) is 0 Å². The number of nitrogen functional groups attached to an aromatic ring is 1. The lowest BCUT2D eigenvalue weighted by atomic mass is 10.2. The van der Waals surface area contributed by atoms with Gasteiger partial charge in [-0.3, -0.25) is 0 Å². The minimum absolute atomic E-state index is 0.732. The van der Waals surface area contributed by atoms with Gasteiger partial charge in [0.1, 0.15) is 5.75 Å². The van der Waals surface area contributed by atoms with Crippen LogP contribution in [0, 0.1) is 0 Å². The van der Waals surface area contributed by atoms with Crippen molar-refractivity contribution in [1.29, 1.82) is 0 Å². The van der Waals surface area contributed by atoms with Crippen LogP contribution in [0.4, 0.5) is 11.4 Å². The first kappa shape index (κ1) is 11.7. The molecule has 0 aliphatic heterocycles. The Balaban J connectivity index is 3.01. The summed E-state index contributed by atoms with van der Waals surface area (Å²) < 4.78 is 5.21. The fourth-order valence-corrected chi connectivity index (χ4v) is 1.71. The zero-order valence-corrected chi connectivity index (χ0v) is 9.79. The molecule has 0 unspecified atom stereocenters. The van der Waals surface area contributed by atoms with Crippen LogP contribution in [-0.2, 0) is 0 Å². The molecule has 0 saturated heterocycles. The molecule has 0 heterocycles.